The second-order valence-corrected chi connectivity index (χ2v) is 11.2. The van der Waals surface area contributed by atoms with Crippen LogP contribution in [0.2, 0.25) is 0 Å². The van der Waals surface area contributed by atoms with E-state index >= 15 is 0 Å². The predicted molar refractivity (Wildman–Crippen MR) is 141 cm³/mol. The molecule has 2 N–H and O–H groups in total. The largest absolute Gasteiger partial charge is 0.507 e. The van der Waals surface area contributed by atoms with Gasteiger partial charge in [0.1, 0.15) is 10.8 Å². The number of fused-ring (bicyclic) bond motifs is 1. The third-order valence-corrected chi connectivity index (χ3v) is 8.52. The standard InChI is InChI=1S/C24H21Cl2N3O4S2/c25-11-13-29(14-12-26)35(32,33)18-8-5-16(6-9-18)23(31)27-17-7-10-21(30)19(15-17)24-28-20-3-1-2-4-22(20)34-24/h1-10,15,30H,11-14H2,(H,27,31). The van der Waals surface area contributed by atoms with Crippen LogP contribution in [0.3, 0.4) is 0 Å². The molecule has 182 valence electrons. The SMILES string of the molecule is O=C(Nc1ccc(O)c(-c2nc3ccccc3s2)c1)c1ccc(S(=O)(=O)N(CCCl)CCCl)cc1. The zero-order valence-electron chi connectivity index (χ0n) is 18.3. The first-order valence-electron chi connectivity index (χ1n) is 10.6. The van der Waals surface area contributed by atoms with Crippen molar-refractivity contribution in [3.8, 4) is 16.3 Å². The Morgan fingerprint density at radius 2 is 1.69 bits per heavy atom. The van der Waals surface area contributed by atoms with Crippen molar-refractivity contribution in [2.45, 2.75) is 4.90 Å². The number of aromatic nitrogens is 1. The second kappa shape index (κ2) is 10.9. The molecule has 1 heterocycles. The number of hydrogen-bond acceptors (Lipinski definition) is 6. The van der Waals surface area contributed by atoms with Crippen LogP contribution in [0.1, 0.15) is 10.4 Å². The van der Waals surface area contributed by atoms with Gasteiger partial charge in [0.2, 0.25) is 10.0 Å². The molecular weight excluding hydrogens is 529 g/mol. The third kappa shape index (κ3) is 5.60. The Morgan fingerprint density at radius 1 is 1.00 bits per heavy atom. The summed E-state index contributed by atoms with van der Waals surface area (Å²) < 4.78 is 27.9. The molecule has 0 radical (unpaired) electrons. The van der Waals surface area contributed by atoms with E-state index < -0.39 is 15.9 Å². The number of rotatable bonds is 9. The Labute approximate surface area is 217 Å². The Morgan fingerprint density at radius 3 is 2.34 bits per heavy atom. The summed E-state index contributed by atoms with van der Waals surface area (Å²) >= 11 is 12.9. The Hall–Kier alpha value is -2.69. The zero-order chi connectivity index (χ0) is 25.0. The minimum Gasteiger partial charge on any atom is -0.507 e. The molecule has 0 aliphatic heterocycles. The monoisotopic (exact) mass is 549 g/mol. The van der Waals surface area contributed by atoms with E-state index in [1.165, 1.54) is 46.0 Å². The van der Waals surface area contributed by atoms with Gasteiger partial charge in [-0.2, -0.15) is 4.31 Å². The van der Waals surface area contributed by atoms with Gasteiger partial charge in [-0.15, -0.1) is 34.5 Å². The Balaban J connectivity index is 1.53. The summed E-state index contributed by atoms with van der Waals surface area (Å²) in [7, 11) is -3.78. The maximum atomic E-state index is 12.8. The van der Waals surface area contributed by atoms with Crippen LogP contribution in [0.4, 0.5) is 5.69 Å². The normalized spacial score (nSPS) is 11.7. The average molecular weight is 550 g/mol. The molecule has 0 aliphatic rings. The Bertz CT molecular complexity index is 1420. The highest BCUT2D eigenvalue weighted by Gasteiger charge is 2.24. The highest BCUT2D eigenvalue weighted by Crippen LogP contribution is 2.36. The molecule has 0 bridgehead atoms. The van der Waals surface area contributed by atoms with Crippen molar-refractivity contribution in [3.05, 3.63) is 72.3 Å². The van der Waals surface area contributed by atoms with Crippen molar-refractivity contribution in [2.24, 2.45) is 0 Å². The minimum atomic E-state index is -3.78. The van der Waals surface area contributed by atoms with E-state index in [-0.39, 0.29) is 41.1 Å². The summed E-state index contributed by atoms with van der Waals surface area (Å²) in [5, 5.41) is 13.8. The number of carbonyl (C=O) groups is 1. The molecule has 11 heteroatoms. The summed E-state index contributed by atoms with van der Waals surface area (Å²) in [6, 6.07) is 18.0. The van der Waals surface area contributed by atoms with Gasteiger partial charge in [-0.1, -0.05) is 12.1 Å². The van der Waals surface area contributed by atoms with Gasteiger partial charge in [-0.3, -0.25) is 4.79 Å². The van der Waals surface area contributed by atoms with Crippen molar-refractivity contribution in [3.63, 3.8) is 0 Å². The topological polar surface area (TPSA) is 99.6 Å². The van der Waals surface area contributed by atoms with E-state index in [1.54, 1.807) is 12.1 Å². The fourth-order valence-electron chi connectivity index (χ4n) is 3.44. The van der Waals surface area contributed by atoms with Crippen molar-refractivity contribution < 1.29 is 18.3 Å². The van der Waals surface area contributed by atoms with E-state index in [2.05, 4.69) is 10.3 Å². The number of halogens is 2. The van der Waals surface area contributed by atoms with E-state index in [9.17, 15) is 18.3 Å². The number of benzene rings is 3. The molecule has 1 aromatic heterocycles. The van der Waals surface area contributed by atoms with Crippen LogP contribution in [0, 0.1) is 0 Å². The van der Waals surface area contributed by atoms with Crippen LogP contribution in [0.15, 0.2) is 71.6 Å². The first kappa shape index (κ1) is 25.4. The molecule has 0 atom stereocenters. The van der Waals surface area contributed by atoms with Crippen LogP contribution in [0.5, 0.6) is 5.75 Å². The summed E-state index contributed by atoms with van der Waals surface area (Å²) in [4.78, 5) is 17.4. The highest BCUT2D eigenvalue weighted by molar-refractivity contribution is 7.89. The number of anilines is 1. The first-order valence-corrected chi connectivity index (χ1v) is 13.9. The summed E-state index contributed by atoms with van der Waals surface area (Å²) in [5.41, 5.74) is 2.07. The number of thiazole rings is 1. The number of amides is 1. The molecule has 0 unspecified atom stereocenters. The fraction of sp³-hybridized carbons (Fsp3) is 0.167. The molecule has 0 aliphatic carbocycles. The van der Waals surface area contributed by atoms with Crippen molar-refractivity contribution in [1.82, 2.24) is 9.29 Å². The van der Waals surface area contributed by atoms with Crippen molar-refractivity contribution in [1.29, 1.82) is 0 Å². The lowest BCUT2D eigenvalue weighted by Crippen LogP contribution is -2.34. The van der Waals surface area contributed by atoms with Gasteiger partial charge >= 0.3 is 0 Å². The van der Waals surface area contributed by atoms with Gasteiger partial charge < -0.3 is 10.4 Å². The molecule has 1 amide bonds. The lowest BCUT2D eigenvalue weighted by molar-refractivity contribution is 0.102. The number of phenols is 1. The fourth-order valence-corrected chi connectivity index (χ4v) is 6.48. The summed E-state index contributed by atoms with van der Waals surface area (Å²) in [5.74, 6) is -0.0897. The lowest BCUT2D eigenvalue weighted by Gasteiger charge is -2.20. The number of sulfonamides is 1. The number of alkyl halides is 2. The number of nitrogens with zero attached hydrogens (tertiary/aromatic N) is 2. The molecule has 0 fully saturated rings. The molecule has 4 aromatic rings. The van der Waals surface area contributed by atoms with Crippen LogP contribution in [-0.4, -0.2) is 53.6 Å². The summed E-state index contributed by atoms with van der Waals surface area (Å²) in [6.45, 7) is 0.271. The average Bonchev–Trinajstić information content (AvgIpc) is 3.29. The number of carbonyl (C=O) groups excluding carboxylic acids is 1. The van der Waals surface area contributed by atoms with Gasteiger partial charge in [0, 0.05) is 36.1 Å². The van der Waals surface area contributed by atoms with E-state index in [4.69, 9.17) is 23.2 Å². The smallest absolute Gasteiger partial charge is 0.255 e. The molecule has 0 saturated carbocycles. The lowest BCUT2D eigenvalue weighted by atomic mass is 10.1. The minimum absolute atomic E-state index is 0.0482. The predicted octanol–water partition coefficient (Wildman–Crippen LogP) is 5.39. The van der Waals surface area contributed by atoms with Crippen LogP contribution < -0.4 is 5.32 Å². The first-order chi connectivity index (χ1) is 16.8. The van der Waals surface area contributed by atoms with Crippen molar-refractivity contribution in [2.75, 3.05) is 30.2 Å². The number of para-hydroxylation sites is 1. The van der Waals surface area contributed by atoms with Crippen LogP contribution in [0.25, 0.3) is 20.8 Å². The molecule has 3 aromatic carbocycles. The molecule has 0 saturated heterocycles. The van der Waals surface area contributed by atoms with E-state index in [0.717, 1.165) is 10.2 Å². The summed E-state index contributed by atoms with van der Waals surface area (Å²) in [6.07, 6.45) is 0. The number of hydrogen-bond donors (Lipinski definition) is 2. The highest BCUT2D eigenvalue weighted by atomic mass is 35.5. The van der Waals surface area contributed by atoms with Gasteiger partial charge in [-0.05, 0) is 54.6 Å². The molecular formula is C24H21Cl2N3O4S2. The molecule has 0 spiro atoms. The van der Waals surface area contributed by atoms with Gasteiger partial charge in [0.25, 0.3) is 5.91 Å². The molecule has 4 rings (SSSR count). The maximum absolute atomic E-state index is 12.8. The molecule has 7 nitrogen and oxygen atoms in total. The van der Waals surface area contributed by atoms with E-state index in [0.29, 0.717) is 16.3 Å². The van der Waals surface area contributed by atoms with Gasteiger partial charge in [-0.25, -0.2) is 13.4 Å². The number of nitrogens with one attached hydrogen (secondary N) is 1. The van der Waals surface area contributed by atoms with E-state index in [1.807, 2.05) is 24.3 Å². The van der Waals surface area contributed by atoms with Crippen LogP contribution in [-0.2, 0) is 10.0 Å². The van der Waals surface area contributed by atoms with Crippen molar-refractivity contribution >= 4 is 66.4 Å². The van der Waals surface area contributed by atoms with Gasteiger partial charge in [0.05, 0.1) is 20.7 Å². The molecule has 35 heavy (non-hydrogen) atoms. The van der Waals surface area contributed by atoms with Gasteiger partial charge in [0.15, 0.2) is 0 Å². The Kier molecular flexibility index (Phi) is 7.93. The second-order valence-electron chi connectivity index (χ2n) is 7.48. The zero-order valence-corrected chi connectivity index (χ0v) is 21.5. The number of phenolic OH excluding ortho intramolecular Hbond substituents is 1. The quantitative estimate of drug-likeness (QED) is 0.215. The third-order valence-electron chi connectivity index (χ3n) is 5.20. The van der Waals surface area contributed by atoms with Crippen LogP contribution >= 0.6 is 34.5 Å². The number of aromatic hydroxyl groups is 1. The maximum Gasteiger partial charge on any atom is 0.255 e.